The van der Waals surface area contributed by atoms with E-state index in [1.165, 1.54) is 4.90 Å². The molecule has 0 spiro atoms. The first-order valence-corrected chi connectivity index (χ1v) is 8.52. The van der Waals surface area contributed by atoms with E-state index >= 15 is 0 Å². The highest BCUT2D eigenvalue weighted by molar-refractivity contribution is 7.85. The summed E-state index contributed by atoms with van der Waals surface area (Å²) in [5.41, 5.74) is -0.705. The topological polar surface area (TPSA) is 113 Å². The Balaban J connectivity index is 2.83. The molecule has 1 saturated heterocycles. The van der Waals surface area contributed by atoms with E-state index in [9.17, 15) is 18.0 Å². The minimum atomic E-state index is -3.69. The van der Waals surface area contributed by atoms with Crippen molar-refractivity contribution >= 4 is 22.3 Å². The normalized spacial score (nSPS) is 19.9. The van der Waals surface area contributed by atoms with Crippen LogP contribution in [0.5, 0.6) is 0 Å². The maximum atomic E-state index is 12.2. The Bertz CT molecular complexity index is 526. The molecule has 1 aliphatic rings. The van der Waals surface area contributed by atoms with Gasteiger partial charge >= 0.3 is 12.2 Å². The van der Waals surface area contributed by atoms with Crippen LogP contribution in [0.1, 0.15) is 20.8 Å². The number of nitrogens with zero attached hydrogens (tertiary/aromatic N) is 2. The molecule has 1 rings (SSSR count). The molecule has 0 radical (unpaired) electrons. The fourth-order valence-electron chi connectivity index (χ4n) is 1.93. The first-order valence-electron chi connectivity index (χ1n) is 6.71. The summed E-state index contributed by atoms with van der Waals surface area (Å²) < 4.78 is 32.2. The Morgan fingerprint density at radius 2 is 1.86 bits per heavy atom. The lowest BCUT2D eigenvalue weighted by Crippen LogP contribution is -2.58. The van der Waals surface area contributed by atoms with E-state index in [4.69, 9.17) is 14.0 Å². The van der Waals surface area contributed by atoms with Crippen molar-refractivity contribution in [3.8, 4) is 0 Å². The zero-order chi connectivity index (χ0) is 17.1. The van der Waals surface area contributed by atoms with Gasteiger partial charge in [0.15, 0.2) is 0 Å². The summed E-state index contributed by atoms with van der Waals surface area (Å²) in [5.74, 6) is 0. The van der Waals surface area contributed by atoms with Crippen LogP contribution in [0.15, 0.2) is 0 Å². The maximum absolute atomic E-state index is 12.2. The fraction of sp³-hybridized carbons (Fsp3) is 0.833. The van der Waals surface area contributed by atoms with E-state index in [1.807, 2.05) is 0 Å². The van der Waals surface area contributed by atoms with E-state index in [0.717, 1.165) is 11.2 Å². The van der Waals surface area contributed by atoms with Gasteiger partial charge < -0.3 is 14.7 Å². The van der Waals surface area contributed by atoms with Gasteiger partial charge in [0, 0.05) is 19.6 Å². The monoisotopic (exact) mass is 338 g/mol. The van der Waals surface area contributed by atoms with Gasteiger partial charge in [-0.25, -0.2) is 9.59 Å². The molecular formula is C12H22N2O7S. The highest BCUT2D eigenvalue weighted by Crippen LogP contribution is 2.16. The van der Waals surface area contributed by atoms with Crippen molar-refractivity contribution in [2.45, 2.75) is 32.4 Å². The van der Waals surface area contributed by atoms with E-state index in [1.54, 1.807) is 20.8 Å². The zero-order valence-electron chi connectivity index (χ0n) is 13.1. The molecule has 1 N–H and O–H groups in total. The number of amides is 2. The van der Waals surface area contributed by atoms with Crippen molar-refractivity contribution < 1.29 is 32.0 Å². The van der Waals surface area contributed by atoms with Crippen molar-refractivity contribution in [2.75, 3.05) is 32.5 Å². The molecule has 0 saturated carbocycles. The Hall–Kier alpha value is -1.55. The highest BCUT2D eigenvalue weighted by atomic mass is 32.2. The van der Waals surface area contributed by atoms with Crippen molar-refractivity contribution in [2.24, 2.45) is 0 Å². The number of rotatable bonds is 3. The Morgan fingerprint density at radius 3 is 2.32 bits per heavy atom. The summed E-state index contributed by atoms with van der Waals surface area (Å²) in [5, 5.41) is 9.03. The van der Waals surface area contributed by atoms with E-state index in [2.05, 4.69) is 0 Å². The highest BCUT2D eigenvalue weighted by Gasteiger charge is 2.35. The van der Waals surface area contributed by atoms with Gasteiger partial charge in [0.25, 0.3) is 10.1 Å². The second-order valence-corrected chi connectivity index (χ2v) is 7.69. The smallest absolute Gasteiger partial charge is 0.410 e. The fourth-order valence-corrected chi connectivity index (χ4v) is 2.34. The van der Waals surface area contributed by atoms with Gasteiger partial charge in [-0.3, -0.25) is 9.08 Å². The van der Waals surface area contributed by atoms with Crippen molar-refractivity contribution in [3.63, 3.8) is 0 Å². The molecule has 0 aliphatic carbocycles. The van der Waals surface area contributed by atoms with Gasteiger partial charge in [0.1, 0.15) is 5.60 Å². The number of carbonyl (C=O) groups is 2. The number of carboxylic acid groups (broad SMARTS) is 1. The molecule has 128 valence electrons. The van der Waals surface area contributed by atoms with Crippen molar-refractivity contribution in [1.29, 1.82) is 0 Å². The second-order valence-electron chi connectivity index (χ2n) is 6.04. The molecule has 9 nitrogen and oxygen atoms in total. The van der Waals surface area contributed by atoms with E-state index in [-0.39, 0.29) is 26.2 Å². The van der Waals surface area contributed by atoms with Gasteiger partial charge in [-0.2, -0.15) is 8.42 Å². The summed E-state index contributed by atoms with van der Waals surface area (Å²) in [6.07, 6.45) is -0.865. The molecule has 22 heavy (non-hydrogen) atoms. The molecule has 1 fully saturated rings. The Kier molecular flexibility index (Phi) is 5.63. The third-order valence-corrected chi connectivity index (χ3v) is 3.42. The molecular weight excluding hydrogens is 316 g/mol. The number of hydrogen-bond acceptors (Lipinski definition) is 6. The minimum absolute atomic E-state index is 0.0376. The first kappa shape index (κ1) is 18.5. The van der Waals surface area contributed by atoms with Gasteiger partial charge in [-0.15, -0.1) is 0 Å². The van der Waals surface area contributed by atoms with Crippen LogP contribution in [0.3, 0.4) is 0 Å². The predicted molar refractivity (Wildman–Crippen MR) is 77.1 cm³/mol. The minimum Gasteiger partial charge on any atom is -0.465 e. The summed E-state index contributed by atoms with van der Waals surface area (Å²) in [7, 11) is -3.69. The molecule has 10 heteroatoms. The summed E-state index contributed by atoms with van der Waals surface area (Å²) >= 11 is 0. The number of hydrogen-bond donors (Lipinski definition) is 1. The van der Waals surface area contributed by atoms with Gasteiger partial charge in [0.05, 0.1) is 18.9 Å². The van der Waals surface area contributed by atoms with Crippen LogP contribution >= 0.6 is 0 Å². The number of carbonyl (C=O) groups excluding carboxylic acids is 1. The maximum Gasteiger partial charge on any atom is 0.410 e. The largest absolute Gasteiger partial charge is 0.465 e. The zero-order valence-corrected chi connectivity index (χ0v) is 13.9. The predicted octanol–water partition coefficient (Wildman–Crippen LogP) is 0.562. The third-order valence-electron chi connectivity index (χ3n) is 2.86. The van der Waals surface area contributed by atoms with E-state index < -0.39 is 33.9 Å². The van der Waals surface area contributed by atoms with Crippen molar-refractivity contribution in [3.05, 3.63) is 0 Å². The van der Waals surface area contributed by atoms with Crippen LogP contribution in [0.2, 0.25) is 0 Å². The average Bonchev–Trinajstić information content (AvgIpc) is 2.32. The van der Waals surface area contributed by atoms with Crippen molar-refractivity contribution in [1.82, 2.24) is 9.80 Å². The molecule has 0 aromatic rings. The van der Waals surface area contributed by atoms with Gasteiger partial charge in [-0.1, -0.05) is 0 Å². The summed E-state index contributed by atoms with van der Waals surface area (Å²) in [4.78, 5) is 25.6. The van der Waals surface area contributed by atoms with Crippen LogP contribution in [-0.2, 0) is 19.0 Å². The molecule has 0 aromatic heterocycles. The summed E-state index contributed by atoms with van der Waals surface area (Å²) in [6.45, 7) is 5.01. The lowest BCUT2D eigenvalue weighted by molar-refractivity contribution is -0.00712. The quantitative estimate of drug-likeness (QED) is 0.748. The molecule has 1 heterocycles. The third kappa shape index (κ3) is 6.06. The molecule has 1 atom stereocenters. The van der Waals surface area contributed by atoms with Crippen LogP contribution in [0, 0.1) is 0 Å². The molecule has 1 aliphatic heterocycles. The van der Waals surface area contributed by atoms with Crippen LogP contribution in [-0.4, -0.2) is 79.7 Å². The Labute approximate surface area is 129 Å². The van der Waals surface area contributed by atoms with Gasteiger partial charge in [-0.05, 0) is 20.8 Å². The lowest BCUT2D eigenvalue weighted by Gasteiger charge is -2.40. The first-order chi connectivity index (χ1) is 9.89. The van der Waals surface area contributed by atoms with Crippen LogP contribution in [0.25, 0.3) is 0 Å². The van der Waals surface area contributed by atoms with Crippen LogP contribution < -0.4 is 0 Å². The number of ether oxygens (including phenoxy) is 1. The van der Waals surface area contributed by atoms with Crippen LogP contribution in [0.4, 0.5) is 9.59 Å². The standard InChI is InChI=1S/C12H22N2O7S/c1-12(2,3)21-11(17)14-6-5-13(10(15)16)7-9(14)8-20-22(4,18)19/h9H,5-8H2,1-4H3,(H,15,16)/t9-/m1/s1. The Morgan fingerprint density at radius 1 is 1.27 bits per heavy atom. The second kappa shape index (κ2) is 6.69. The van der Waals surface area contributed by atoms with Gasteiger partial charge in [0.2, 0.25) is 0 Å². The molecule has 2 amide bonds. The molecule has 0 aromatic carbocycles. The number of piperazine rings is 1. The lowest BCUT2D eigenvalue weighted by atomic mass is 10.2. The molecule has 0 unspecified atom stereocenters. The summed E-state index contributed by atoms with van der Waals surface area (Å²) in [6, 6.07) is -0.727. The SMILES string of the molecule is CC(C)(C)OC(=O)N1CCN(C(=O)O)C[C@@H]1COS(C)(=O)=O. The van der Waals surface area contributed by atoms with E-state index in [0.29, 0.717) is 0 Å². The molecule has 0 bridgehead atoms. The average molecular weight is 338 g/mol.